The van der Waals surface area contributed by atoms with Gasteiger partial charge in [0.25, 0.3) is 0 Å². The van der Waals surface area contributed by atoms with Crippen LogP contribution in [0, 0.1) is 0 Å². The van der Waals surface area contributed by atoms with Gasteiger partial charge in [0.2, 0.25) is 0 Å². The van der Waals surface area contributed by atoms with Crippen molar-refractivity contribution >= 4 is 0 Å². The lowest BCUT2D eigenvalue weighted by molar-refractivity contribution is -0.230. The highest BCUT2D eigenvalue weighted by Crippen LogP contribution is 2.39. The molecule has 112 valence electrons. The van der Waals surface area contributed by atoms with E-state index in [1.54, 1.807) is 7.11 Å². The van der Waals surface area contributed by atoms with Gasteiger partial charge in [-0.15, -0.1) is 0 Å². The largest absolute Gasteiger partial charge is 0.379 e. The van der Waals surface area contributed by atoms with Gasteiger partial charge >= 0.3 is 0 Å². The number of fused-ring (bicyclic) bond motifs is 1. The third-order valence-electron chi connectivity index (χ3n) is 3.67. The summed E-state index contributed by atoms with van der Waals surface area (Å²) in [6, 6.07) is 0. The number of unbranched alkanes of at least 4 members (excludes halogenated alkanes) is 1. The van der Waals surface area contributed by atoms with Crippen molar-refractivity contribution in [3.8, 4) is 0 Å². The molecule has 0 aliphatic carbocycles. The molecule has 2 aliphatic heterocycles. The second kappa shape index (κ2) is 6.06. The molecular formula is C14H26O5. The van der Waals surface area contributed by atoms with Crippen LogP contribution in [0.4, 0.5) is 0 Å². The number of hydrogen-bond donors (Lipinski definition) is 0. The van der Waals surface area contributed by atoms with Crippen molar-refractivity contribution in [1.29, 1.82) is 0 Å². The molecule has 0 saturated carbocycles. The van der Waals surface area contributed by atoms with Crippen molar-refractivity contribution in [1.82, 2.24) is 0 Å². The standard InChI is InChI=1S/C14H26O5/c1-6-7-8-16-11-10(9(2)15-5)17-13-12(11)18-14(3,4)19-13/h9-13H,6-8H2,1-5H3/t9?,10-,11+,12?,13+/m1/s1. The van der Waals surface area contributed by atoms with E-state index >= 15 is 0 Å². The maximum atomic E-state index is 5.98. The fraction of sp³-hybridized carbons (Fsp3) is 1.00. The fourth-order valence-electron chi connectivity index (χ4n) is 2.57. The lowest BCUT2D eigenvalue weighted by Crippen LogP contribution is -2.42. The van der Waals surface area contributed by atoms with Crippen molar-refractivity contribution < 1.29 is 23.7 Å². The van der Waals surface area contributed by atoms with Crippen molar-refractivity contribution in [3.05, 3.63) is 0 Å². The smallest absolute Gasteiger partial charge is 0.190 e. The zero-order chi connectivity index (χ0) is 14.0. The SMILES string of the molecule is CCCCO[C@@H]1C2OC(C)(C)O[C@@H]2O[C@@H]1C(C)OC. The molecule has 2 saturated heterocycles. The number of ether oxygens (including phenoxy) is 5. The predicted molar refractivity (Wildman–Crippen MR) is 69.8 cm³/mol. The molecule has 2 fully saturated rings. The van der Waals surface area contributed by atoms with Crippen LogP contribution in [0.3, 0.4) is 0 Å². The van der Waals surface area contributed by atoms with E-state index in [4.69, 9.17) is 23.7 Å². The molecule has 0 bridgehead atoms. The molecule has 2 unspecified atom stereocenters. The highest BCUT2D eigenvalue weighted by molar-refractivity contribution is 4.96. The Bertz CT molecular complexity index is 294. The van der Waals surface area contributed by atoms with Gasteiger partial charge < -0.3 is 23.7 Å². The van der Waals surface area contributed by atoms with Crippen LogP contribution in [0.5, 0.6) is 0 Å². The molecule has 2 aliphatic rings. The Hall–Kier alpha value is -0.200. The predicted octanol–water partition coefficient (Wildman–Crippen LogP) is 2.08. The normalized spacial score (nSPS) is 38.4. The number of hydrogen-bond acceptors (Lipinski definition) is 5. The van der Waals surface area contributed by atoms with Gasteiger partial charge in [0, 0.05) is 13.7 Å². The zero-order valence-electron chi connectivity index (χ0n) is 12.5. The van der Waals surface area contributed by atoms with Gasteiger partial charge in [-0.1, -0.05) is 13.3 Å². The van der Waals surface area contributed by atoms with E-state index in [1.807, 2.05) is 20.8 Å². The molecule has 0 aromatic carbocycles. The van der Waals surface area contributed by atoms with Gasteiger partial charge in [-0.3, -0.25) is 0 Å². The first-order valence-electron chi connectivity index (χ1n) is 7.14. The molecule has 2 heterocycles. The maximum Gasteiger partial charge on any atom is 0.190 e. The van der Waals surface area contributed by atoms with E-state index in [9.17, 15) is 0 Å². The van der Waals surface area contributed by atoms with Crippen LogP contribution >= 0.6 is 0 Å². The maximum absolute atomic E-state index is 5.98. The van der Waals surface area contributed by atoms with Gasteiger partial charge in [0.1, 0.15) is 18.3 Å². The van der Waals surface area contributed by atoms with Gasteiger partial charge in [-0.05, 0) is 27.2 Å². The molecule has 5 atom stereocenters. The van der Waals surface area contributed by atoms with E-state index in [0.29, 0.717) is 6.61 Å². The molecular weight excluding hydrogens is 248 g/mol. The molecule has 0 aromatic heterocycles. The van der Waals surface area contributed by atoms with Crippen molar-refractivity contribution in [3.63, 3.8) is 0 Å². The Morgan fingerprint density at radius 1 is 1.26 bits per heavy atom. The summed E-state index contributed by atoms with van der Waals surface area (Å²) < 4.78 is 28.9. The van der Waals surface area contributed by atoms with Crippen LogP contribution < -0.4 is 0 Å². The van der Waals surface area contributed by atoms with Crippen molar-refractivity contribution in [2.45, 2.75) is 77.0 Å². The Morgan fingerprint density at radius 2 is 2.00 bits per heavy atom. The molecule has 19 heavy (non-hydrogen) atoms. The molecule has 5 nitrogen and oxygen atoms in total. The van der Waals surface area contributed by atoms with Crippen molar-refractivity contribution in [2.24, 2.45) is 0 Å². The van der Waals surface area contributed by atoms with Crippen LogP contribution in [0.1, 0.15) is 40.5 Å². The van der Waals surface area contributed by atoms with E-state index in [2.05, 4.69) is 6.92 Å². The molecule has 0 spiro atoms. The monoisotopic (exact) mass is 274 g/mol. The average Bonchev–Trinajstić information content (AvgIpc) is 2.82. The third kappa shape index (κ3) is 3.28. The van der Waals surface area contributed by atoms with Gasteiger partial charge in [-0.25, -0.2) is 0 Å². The van der Waals surface area contributed by atoms with Crippen LogP contribution in [0.15, 0.2) is 0 Å². The summed E-state index contributed by atoms with van der Waals surface area (Å²) in [7, 11) is 1.68. The number of rotatable bonds is 6. The summed E-state index contributed by atoms with van der Waals surface area (Å²) in [6.45, 7) is 8.63. The van der Waals surface area contributed by atoms with Gasteiger partial charge in [0.15, 0.2) is 12.1 Å². The highest BCUT2D eigenvalue weighted by atomic mass is 16.8. The minimum absolute atomic E-state index is 0.0486. The summed E-state index contributed by atoms with van der Waals surface area (Å²) in [6.07, 6.45) is 1.29. The first-order chi connectivity index (χ1) is 8.98. The topological polar surface area (TPSA) is 46.2 Å². The first-order valence-corrected chi connectivity index (χ1v) is 7.14. The van der Waals surface area contributed by atoms with E-state index in [0.717, 1.165) is 12.8 Å². The average molecular weight is 274 g/mol. The lowest BCUT2D eigenvalue weighted by atomic mass is 10.1. The van der Waals surface area contributed by atoms with E-state index in [-0.39, 0.29) is 30.7 Å². The minimum atomic E-state index is -0.608. The summed E-state index contributed by atoms with van der Waals surface area (Å²) in [5.41, 5.74) is 0. The molecule has 2 rings (SSSR count). The quantitative estimate of drug-likeness (QED) is 0.694. The Morgan fingerprint density at radius 3 is 2.63 bits per heavy atom. The molecule has 5 heteroatoms. The molecule has 0 N–H and O–H groups in total. The molecule has 0 amide bonds. The fourth-order valence-corrected chi connectivity index (χ4v) is 2.57. The summed E-state index contributed by atoms with van der Waals surface area (Å²) in [4.78, 5) is 0. The first kappa shape index (κ1) is 15.2. The van der Waals surface area contributed by atoms with Gasteiger partial charge in [-0.2, -0.15) is 0 Å². The van der Waals surface area contributed by atoms with E-state index < -0.39 is 5.79 Å². The molecule has 0 aromatic rings. The second-order valence-electron chi connectivity index (χ2n) is 5.70. The second-order valence-corrected chi connectivity index (χ2v) is 5.70. The van der Waals surface area contributed by atoms with Crippen LogP contribution in [0.2, 0.25) is 0 Å². The summed E-state index contributed by atoms with van der Waals surface area (Å²) >= 11 is 0. The zero-order valence-corrected chi connectivity index (χ0v) is 12.5. The summed E-state index contributed by atoms with van der Waals surface area (Å²) in [5, 5.41) is 0. The van der Waals surface area contributed by atoms with Crippen LogP contribution in [0.25, 0.3) is 0 Å². The van der Waals surface area contributed by atoms with Gasteiger partial charge in [0.05, 0.1) is 6.10 Å². The van der Waals surface area contributed by atoms with Crippen LogP contribution in [-0.4, -0.2) is 50.2 Å². The Labute approximate surface area is 115 Å². The lowest BCUT2D eigenvalue weighted by Gasteiger charge is -2.28. The Kier molecular flexibility index (Phi) is 4.84. The molecule has 0 radical (unpaired) electrons. The highest BCUT2D eigenvalue weighted by Gasteiger charge is 2.56. The third-order valence-corrected chi connectivity index (χ3v) is 3.67. The van der Waals surface area contributed by atoms with Crippen molar-refractivity contribution in [2.75, 3.05) is 13.7 Å². The minimum Gasteiger partial charge on any atom is -0.379 e. The van der Waals surface area contributed by atoms with E-state index in [1.165, 1.54) is 0 Å². The Balaban J connectivity index is 2.02. The summed E-state index contributed by atoms with van der Waals surface area (Å²) in [5.74, 6) is -0.608. The van der Waals surface area contributed by atoms with Crippen LogP contribution in [-0.2, 0) is 23.7 Å². The number of methoxy groups -OCH3 is 1.